The highest BCUT2D eigenvalue weighted by molar-refractivity contribution is 6.36. The minimum absolute atomic E-state index is 0.525. The summed E-state index contributed by atoms with van der Waals surface area (Å²) in [6.07, 6.45) is 0. The molecule has 0 saturated carbocycles. The Morgan fingerprint density at radius 3 is 2.30 bits per heavy atom. The van der Waals surface area contributed by atoms with Crippen LogP contribution in [0.2, 0.25) is 15.1 Å². The Morgan fingerprint density at radius 2 is 1.65 bits per heavy atom. The molecular formula is C17H18Cl3NO2. The summed E-state index contributed by atoms with van der Waals surface area (Å²) in [6.45, 7) is 5.44. The molecule has 0 unspecified atom stereocenters. The second kappa shape index (κ2) is 8.53. The molecule has 124 valence electrons. The largest absolute Gasteiger partial charge is 0.490 e. The van der Waals surface area contributed by atoms with E-state index >= 15 is 0 Å². The van der Waals surface area contributed by atoms with Crippen molar-refractivity contribution in [1.29, 1.82) is 0 Å². The fourth-order valence-electron chi connectivity index (χ4n) is 2.10. The van der Waals surface area contributed by atoms with Gasteiger partial charge in [0.15, 0.2) is 11.5 Å². The molecule has 6 heteroatoms. The van der Waals surface area contributed by atoms with Crippen molar-refractivity contribution in [2.75, 3.05) is 18.5 Å². The zero-order chi connectivity index (χ0) is 16.8. The third-order valence-electron chi connectivity index (χ3n) is 3.07. The van der Waals surface area contributed by atoms with Crippen LogP contribution < -0.4 is 14.8 Å². The molecule has 2 aromatic carbocycles. The number of benzene rings is 2. The summed E-state index contributed by atoms with van der Waals surface area (Å²) in [5.74, 6) is 1.21. The van der Waals surface area contributed by atoms with Crippen molar-refractivity contribution in [2.45, 2.75) is 20.4 Å². The van der Waals surface area contributed by atoms with Gasteiger partial charge in [-0.25, -0.2) is 0 Å². The fourth-order valence-corrected chi connectivity index (χ4v) is 2.86. The van der Waals surface area contributed by atoms with E-state index in [0.717, 1.165) is 11.3 Å². The molecule has 0 aliphatic rings. The van der Waals surface area contributed by atoms with Crippen LogP contribution in [0.1, 0.15) is 19.4 Å². The monoisotopic (exact) mass is 373 g/mol. The number of ether oxygens (including phenoxy) is 2. The van der Waals surface area contributed by atoms with Crippen LogP contribution in [-0.2, 0) is 6.54 Å². The summed E-state index contributed by atoms with van der Waals surface area (Å²) >= 11 is 18.4. The van der Waals surface area contributed by atoms with Gasteiger partial charge in [0, 0.05) is 11.6 Å². The molecule has 0 atom stereocenters. The smallest absolute Gasteiger partial charge is 0.179 e. The molecule has 0 bridgehead atoms. The molecule has 0 aromatic heterocycles. The first-order chi connectivity index (χ1) is 11.0. The van der Waals surface area contributed by atoms with Gasteiger partial charge in [-0.3, -0.25) is 0 Å². The minimum atomic E-state index is 0.525. The Balaban J connectivity index is 2.19. The molecule has 23 heavy (non-hydrogen) atoms. The van der Waals surface area contributed by atoms with E-state index in [-0.39, 0.29) is 0 Å². The predicted octanol–water partition coefficient (Wildman–Crippen LogP) is 6.06. The van der Waals surface area contributed by atoms with Gasteiger partial charge < -0.3 is 14.8 Å². The maximum absolute atomic E-state index is 6.31. The summed E-state index contributed by atoms with van der Waals surface area (Å²) in [7, 11) is 0. The molecule has 3 nitrogen and oxygen atoms in total. The van der Waals surface area contributed by atoms with Crippen molar-refractivity contribution in [3.63, 3.8) is 0 Å². The summed E-state index contributed by atoms with van der Waals surface area (Å²) < 4.78 is 11.2. The van der Waals surface area contributed by atoms with Crippen LogP contribution in [0.15, 0.2) is 30.3 Å². The Labute approximate surface area is 151 Å². The van der Waals surface area contributed by atoms with Crippen LogP contribution in [-0.4, -0.2) is 13.2 Å². The Morgan fingerprint density at radius 1 is 0.913 bits per heavy atom. The maximum Gasteiger partial charge on any atom is 0.179 e. The molecule has 2 rings (SSSR count). The van der Waals surface area contributed by atoms with Gasteiger partial charge in [0.05, 0.1) is 28.9 Å². The lowest BCUT2D eigenvalue weighted by Crippen LogP contribution is -2.03. The Hall–Kier alpha value is -1.29. The van der Waals surface area contributed by atoms with E-state index < -0.39 is 0 Å². The SMILES string of the molecule is CCOc1cc(CNc2ccc(Cl)cc2Cl)cc(Cl)c1OCC. The fraction of sp³-hybridized carbons (Fsp3) is 0.294. The van der Waals surface area contributed by atoms with Crippen LogP contribution in [0.25, 0.3) is 0 Å². The first-order valence-corrected chi connectivity index (χ1v) is 8.45. The molecule has 0 heterocycles. The molecule has 1 N–H and O–H groups in total. The van der Waals surface area contributed by atoms with E-state index in [2.05, 4.69) is 5.32 Å². The van der Waals surface area contributed by atoms with E-state index in [1.807, 2.05) is 32.0 Å². The quantitative estimate of drug-likeness (QED) is 0.639. The zero-order valence-electron chi connectivity index (χ0n) is 13.0. The summed E-state index contributed by atoms with van der Waals surface area (Å²) in [4.78, 5) is 0. The molecule has 0 radical (unpaired) electrons. The van der Waals surface area contributed by atoms with Crippen LogP contribution in [0.5, 0.6) is 11.5 Å². The first-order valence-electron chi connectivity index (χ1n) is 7.32. The predicted molar refractivity (Wildman–Crippen MR) is 97.6 cm³/mol. The molecule has 0 spiro atoms. The van der Waals surface area contributed by atoms with Crippen LogP contribution in [0, 0.1) is 0 Å². The summed E-state index contributed by atoms with van der Waals surface area (Å²) in [5, 5.41) is 4.95. The van der Waals surface area contributed by atoms with Crippen molar-refractivity contribution in [3.8, 4) is 11.5 Å². The summed E-state index contributed by atoms with van der Waals surface area (Å²) in [6, 6.07) is 9.09. The van der Waals surface area contributed by atoms with Crippen molar-refractivity contribution >= 4 is 40.5 Å². The lowest BCUT2D eigenvalue weighted by Gasteiger charge is -2.15. The van der Waals surface area contributed by atoms with Gasteiger partial charge in [0.1, 0.15) is 0 Å². The lowest BCUT2D eigenvalue weighted by molar-refractivity contribution is 0.287. The van der Waals surface area contributed by atoms with Gasteiger partial charge in [-0.2, -0.15) is 0 Å². The van der Waals surface area contributed by atoms with Crippen LogP contribution in [0.3, 0.4) is 0 Å². The number of rotatable bonds is 7. The van der Waals surface area contributed by atoms with Gasteiger partial charge in [-0.1, -0.05) is 34.8 Å². The molecule has 0 aliphatic heterocycles. The van der Waals surface area contributed by atoms with Crippen molar-refractivity contribution in [2.24, 2.45) is 0 Å². The molecule has 0 fully saturated rings. The highest BCUT2D eigenvalue weighted by Crippen LogP contribution is 2.37. The van der Waals surface area contributed by atoms with Crippen molar-refractivity contribution in [1.82, 2.24) is 0 Å². The number of anilines is 1. The van der Waals surface area contributed by atoms with E-state index in [0.29, 0.717) is 46.3 Å². The maximum atomic E-state index is 6.31. The van der Waals surface area contributed by atoms with E-state index in [4.69, 9.17) is 44.3 Å². The highest BCUT2D eigenvalue weighted by atomic mass is 35.5. The molecule has 0 aliphatic carbocycles. The topological polar surface area (TPSA) is 30.5 Å². The first kappa shape index (κ1) is 18.1. The van der Waals surface area contributed by atoms with Gasteiger partial charge in [-0.15, -0.1) is 0 Å². The molecule has 0 saturated heterocycles. The highest BCUT2D eigenvalue weighted by Gasteiger charge is 2.12. The second-order valence-electron chi connectivity index (χ2n) is 4.75. The number of hydrogen-bond donors (Lipinski definition) is 1. The van der Waals surface area contributed by atoms with Gasteiger partial charge in [0.25, 0.3) is 0 Å². The van der Waals surface area contributed by atoms with E-state index in [1.165, 1.54) is 0 Å². The van der Waals surface area contributed by atoms with Gasteiger partial charge in [-0.05, 0) is 49.7 Å². The normalized spacial score (nSPS) is 10.5. The van der Waals surface area contributed by atoms with E-state index in [9.17, 15) is 0 Å². The third kappa shape index (κ3) is 4.84. The van der Waals surface area contributed by atoms with Gasteiger partial charge in [0.2, 0.25) is 0 Å². The lowest BCUT2D eigenvalue weighted by atomic mass is 10.2. The average molecular weight is 375 g/mol. The standard InChI is InChI=1S/C17H18Cl3NO2/c1-3-22-16-8-11(7-14(20)17(16)23-4-2)10-21-15-6-5-12(18)9-13(15)19/h5-9,21H,3-4,10H2,1-2H3. The minimum Gasteiger partial charge on any atom is -0.490 e. The third-order valence-corrected chi connectivity index (χ3v) is 3.90. The molecule has 2 aromatic rings. The van der Waals surface area contributed by atoms with Crippen LogP contribution in [0.4, 0.5) is 5.69 Å². The van der Waals surface area contributed by atoms with Gasteiger partial charge >= 0.3 is 0 Å². The second-order valence-corrected chi connectivity index (χ2v) is 6.00. The zero-order valence-corrected chi connectivity index (χ0v) is 15.2. The number of halogens is 3. The van der Waals surface area contributed by atoms with E-state index in [1.54, 1.807) is 12.1 Å². The van der Waals surface area contributed by atoms with Crippen LogP contribution >= 0.6 is 34.8 Å². The average Bonchev–Trinajstić information content (AvgIpc) is 2.50. The van der Waals surface area contributed by atoms with Crippen molar-refractivity contribution < 1.29 is 9.47 Å². The van der Waals surface area contributed by atoms with Crippen molar-refractivity contribution in [3.05, 3.63) is 51.0 Å². The Bertz CT molecular complexity index is 677. The Kier molecular flexibility index (Phi) is 6.70. The summed E-state index contributed by atoms with van der Waals surface area (Å²) in [5.41, 5.74) is 1.77. The number of hydrogen-bond acceptors (Lipinski definition) is 3. The molecule has 0 amide bonds. The molecular weight excluding hydrogens is 357 g/mol. The number of nitrogens with one attached hydrogen (secondary N) is 1.